The van der Waals surface area contributed by atoms with Crippen molar-refractivity contribution in [2.75, 3.05) is 13.1 Å². The Morgan fingerprint density at radius 2 is 2.18 bits per heavy atom. The molecule has 1 rings (SSSR count). The highest BCUT2D eigenvalue weighted by molar-refractivity contribution is 5.83. The number of aliphatic carboxylic acids is 1. The lowest BCUT2D eigenvalue weighted by molar-refractivity contribution is -0.141. The maximum atomic E-state index is 12.1. The molecule has 1 heterocycles. The van der Waals surface area contributed by atoms with Crippen LogP contribution in [0.25, 0.3) is 0 Å². The van der Waals surface area contributed by atoms with Crippen LogP contribution >= 0.6 is 0 Å². The van der Waals surface area contributed by atoms with E-state index in [0.29, 0.717) is 19.5 Å². The number of likely N-dealkylation sites (N-methyl/N-ethyl adjacent to an activating group) is 1. The first-order valence-corrected chi connectivity index (χ1v) is 5.89. The predicted molar refractivity (Wildman–Crippen MR) is 61.5 cm³/mol. The second-order valence-electron chi connectivity index (χ2n) is 4.42. The minimum atomic E-state index is -0.914. The molecule has 0 radical (unpaired) electrons. The van der Waals surface area contributed by atoms with Crippen LogP contribution in [-0.4, -0.2) is 58.3 Å². The highest BCUT2D eigenvalue weighted by atomic mass is 16.4. The molecule has 1 aliphatic heterocycles. The van der Waals surface area contributed by atoms with Crippen molar-refractivity contribution in [2.24, 2.45) is 0 Å². The summed E-state index contributed by atoms with van der Waals surface area (Å²) < 4.78 is 0. The maximum Gasteiger partial charge on any atom is 0.305 e. The standard InChI is InChI=1S/C11H20N2O4/c1-3-13(7(2)4-10(15)16)11(17)9-5-8(14)6-12-9/h7-9,12,14H,3-6H2,1-2H3,(H,15,16). The van der Waals surface area contributed by atoms with Crippen LogP contribution in [0.4, 0.5) is 0 Å². The van der Waals surface area contributed by atoms with Gasteiger partial charge in [-0.25, -0.2) is 0 Å². The van der Waals surface area contributed by atoms with Crippen LogP contribution in [-0.2, 0) is 9.59 Å². The molecule has 3 atom stereocenters. The lowest BCUT2D eigenvalue weighted by Crippen LogP contribution is -2.48. The Hall–Kier alpha value is -1.14. The Labute approximate surface area is 101 Å². The number of aliphatic hydroxyl groups is 1. The van der Waals surface area contributed by atoms with Gasteiger partial charge in [0, 0.05) is 19.1 Å². The van der Waals surface area contributed by atoms with E-state index in [1.165, 1.54) is 0 Å². The quantitative estimate of drug-likeness (QED) is 0.602. The van der Waals surface area contributed by atoms with Crippen LogP contribution in [0.1, 0.15) is 26.7 Å². The molecule has 1 aliphatic rings. The van der Waals surface area contributed by atoms with Gasteiger partial charge in [0.2, 0.25) is 5.91 Å². The van der Waals surface area contributed by atoms with Crippen molar-refractivity contribution < 1.29 is 19.8 Å². The van der Waals surface area contributed by atoms with Gasteiger partial charge in [-0.15, -0.1) is 0 Å². The number of nitrogens with zero attached hydrogens (tertiary/aromatic N) is 1. The molecule has 0 bridgehead atoms. The molecule has 0 aliphatic carbocycles. The number of β-amino-alcohol motifs (C(OH)–C–C–N with tert-alkyl or cyclic N) is 1. The summed E-state index contributed by atoms with van der Waals surface area (Å²) in [6.07, 6.45) is -0.151. The van der Waals surface area contributed by atoms with Crippen LogP contribution in [0.5, 0.6) is 0 Å². The van der Waals surface area contributed by atoms with Gasteiger partial charge in [0.15, 0.2) is 0 Å². The second kappa shape index (κ2) is 5.97. The fourth-order valence-electron chi connectivity index (χ4n) is 2.15. The summed E-state index contributed by atoms with van der Waals surface area (Å²) in [5.74, 6) is -1.04. The number of hydrogen-bond acceptors (Lipinski definition) is 4. The molecule has 0 saturated carbocycles. The maximum absolute atomic E-state index is 12.1. The Morgan fingerprint density at radius 3 is 2.59 bits per heavy atom. The number of carboxylic acids is 1. The van der Waals surface area contributed by atoms with Gasteiger partial charge in [0.1, 0.15) is 0 Å². The average molecular weight is 244 g/mol. The summed E-state index contributed by atoms with van der Waals surface area (Å²) in [6, 6.07) is -0.717. The summed E-state index contributed by atoms with van der Waals surface area (Å²) in [5, 5.41) is 21.0. The fourth-order valence-corrected chi connectivity index (χ4v) is 2.15. The van der Waals surface area contributed by atoms with Crippen LogP contribution in [0.3, 0.4) is 0 Å². The fraction of sp³-hybridized carbons (Fsp3) is 0.818. The summed E-state index contributed by atoms with van der Waals surface area (Å²) >= 11 is 0. The van der Waals surface area contributed by atoms with E-state index in [1.54, 1.807) is 11.8 Å². The molecule has 1 fully saturated rings. The number of carboxylic acid groups (broad SMARTS) is 1. The zero-order chi connectivity index (χ0) is 13.0. The number of aliphatic hydroxyl groups excluding tert-OH is 1. The van der Waals surface area contributed by atoms with E-state index in [-0.39, 0.29) is 24.4 Å². The molecule has 0 spiro atoms. The lowest BCUT2D eigenvalue weighted by atomic mass is 10.1. The molecule has 3 unspecified atom stereocenters. The van der Waals surface area contributed by atoms with E-state index in [1.807, 2.05) is 6.92 Å². The predicted octanol–water partition coefficient (Wildman–Crippen LogP) is -0.579. The van der Waals surface area contributed by atoms with E-state index in [2.05, 4.69) is 5.32 Å². The van der Waals surface area contributed by atoms with Crippen molar-refractivity contribution in [1.29, 1.82) is 0 Å². The van der Waals surface area contributed by atoms with Crippen LogP contribution in [0.15, 0.2) is 0 Å². The van der Waals surface area contributed by atoms with Crippen molar-refractivity contribution in [3.05, 3.63) is 0 Å². The molecule has 0 aromatic heterocycles. The molecule has 98 valence electrons. The zero-order valence-electron chi connectivity index (χ0n) is 10.2. The SMILES string of the molecule is CCN(C(=O)C1CC(O)CN1)C(C)CC(=O)O. The van der Waals surface area contributed by atoms with Crippen LogP contribution < -0.4 is 5.32 Å². The second-order valence-corrected chi connectivity index (χ2v) is 4.42. The molecular formula is C11H20N2O4. The molecule has 3 N–H and O–H groups in total. The van der Waals surface area contributed by atoms with Crippen LogP contribution in [0.2, 0.25) is 0 Å². The summed E-state index contributed by atoms with van der Waals surface area (Å²) in [5.41, 5.74) is 0. The molecule has 17 heavy (non-hydrogen) atoms. The van der Waals surface area contributed by atoms with Gasteiger partial charge in [-0.3, -0.25) is 9.59 Å². The molecular weight excluding hydrogens is 224 g/mol. The van der Waals surface area contributed by atoms with E-state index in [9.17, 15) is 14.7 Å². The Bertz CT molecular complexity index is 295. The first kappa shape index (κ1) is 13.9. The molecule has 1 saturated heterocycles. The smallest absolute Gasteiger partial charge is 0.305 e. The highest BCUT2D eigenvalue weighted by Gasteiger charge is 2.32. The van der Waals surface area contributed by atoms with E-state index < -0.39 is 12.1 Å². The van der Waals surface area contributed by atoms with Gasteiger partial charge < -0.3 is 20.4 Å². The van der Waals surface area contributed by atoms with Crippen molar-refractivity contribution in [1.82, 2.24) is 10.2 Å². The Morgan fingerprint density at radius 1 is 1.53 bits per heavy atom. The van der Waals surface area contributed by atoms with Crippen molar-refractivity contribution >= 4 is 11.9 Å². The minimum absolute atomic E-state index is 0.0607. The normalized spacial score (nSPS) is 25.6. The number of nitrogens with one attached hydrogen (secondary N) is 1. The molecule has 0 aromatic carbocycles. The van der Waals surface area contributed by atoms with Gasteiger partial charge in [-0.05, 0) is 20.3 Å². The summed E-state index contributed by atoms with van der Waals surface area (Å²) in [7, 11) is 0. The third-order valence-corrected chi connectivity index (χ3v) is 3.03. The third-order valence-electron chi connectivity index (χ3n) is 3.03. The van der Waals surface area contributed by atoms with Gasteiger partial charge in [-0.1, -0.05) is 0 Å². The number of carbonyl (C=O) groups is 2. The first-order chi connectivity index (χ1) is 7.95. The van der Waals surface area contributed by atoms with Crippen molar-refractivity contribution in [3.8, 4) is 0 Å². The number of amides is 1. The van der Waals surface area contributed by atoms with E-state index in [4.69, 9.17) is 5.11 Å². The molecule has 6 nitrogen and oxygen atoms in total. The largest absolute Gasteiger partial charge is 0.481 e. The van der Waals surface area contributed by atoms with Crippen molar-refractivity contribution in [2.45, 2.75) is 44.9 Å². The topological polar surface area (TPSA) is 89.9 Å². The summed E-state index contributed by atoms with van der Waals surface area (Å²) in [6.45, 7) is 4.44. The third kappa shape index (κ3) is 3.67. The zero-order valence-corrected chi connectivity index (χ0v) is 10.2. The number of hydrogen-bond donors (Lipinski definition) is 3. The molecule has 6 heteroatoms. The molecule has 0 aromatic rings. The van der Waals surface area contributed by atoms with Gasteiger partial charge in [-0.2, -0.15) is 0 Å². The minimum Gasteiger partial charge on any atom is -0.481 e. The van der Waals surface area contributed by atoms with E-state index in [0.717, 1.165) is 0 Å². The monoisotopic (exact) mass is 244 g/mol. The molecule has 1 amide bonds. The lowest BCUT2D eigenvalue weighted by Gasteiger charge is -2.29. The number of carbonyl (C=O) groups excluding carboxylic acids is 1. The van der Waals surface area contributed by atoms with Gasteiger partial charge >= 0.3 is 5.97 Å². The van der Waals surface area contributed by atoms with E-state index >= 15 is 0 Å². The average Bonchev–Trinajstić information content (AvgIpc) is 2.64. The van der Waals surface area contributed by atoms with Crippen LogP contribution in [0, 0.1) is 0 Å². The summed E-state index contributed by atoms with van der Waals surface area (Å²) in [4.78, 5) is 24.3. The van der Waals surface area contributed by atoms with Gasteiger partial charge in [0.05, 0.1) is 18.6 Å². The highest BCUT2D eigenvalue weighted by Crippen LogP contribution is 2.13. The first-order valence-electron chi connectivity index (χ1n) is 5.89. The number of rotatable bonds is 5. The Kier molecular flexibility index (Phi) is 4.89. The Balaban J connectivity index is 2.60. The van der Waals surface area contributed by atoms with Crippen molar-refractivity contribution in [3.63, 3.8) is 0 Å². The van der Waals surface area contributed by atoms with Gasteiger partial charge in [0.25, 0.3) is 0 Å².